The van der Waals surface area contributed by atoms with Gasteiger partial charge in [0.25, 0.3) is 0 Å². The van der Waals surface area contributed by atoms with Gasteiger partial charge in [0.2, 0.25) is 5.91 Å². The highest BCUT2D eigenvalue weighted by Gasteiger charge is 2.36. The smallest absolute Gasteiger partial charge is 0.314 e. The maximum absolute atomic E-state index is 13.9. The number of fused-ring (bicyclic) bond motifs is 2. The molecule has 2 atom stereocenters. The molecule has 3 aromatic rings. The van der Waals surface area contributed by atoms with Crippen LogP contribution in [0.2, 0.25) is 51.4 Å². The van der Waals surface area contributed by atoms with Gasteiger partial charge in [0, 0.05) is 48.0 Å². The van der Waals surface area contributed by atoms with Gasteiger partial charge in [0.05, 0.1) is 35.0 Å². The number of aryl methyl sites for hydroxylation is 1. The van der Waals surface area contributed by atoms with Crippen molar-refractivity contribution >= 4 is 62.0 Å². The molecule has 0 aliphatic carbocycles. The predicted molar refractivity (Wildman–Crippen MR) is 199 cm³/mol. The lowest BCUT2D eigenvalue weighted by Gasteiger charge is -2.39. The molecule has 2 unspecified atom stereocenters. The molecular formula is C35H53N7O5Si2. The fraction of sp³-hybridized carbons (Fsp3) is 0.571. The van der Waals surface area contributed by atoms with Gasteiger partial charge < -0.3 is 25.4 Å². The zero-order valence-electron chi connectivity index (χ0n) is 30.2. The normalized spacial score (nSPS) is 18.6. The number of nitrogen functional groups attached to an aromatic ring is 1. The Balaban J connectivity index is 1.32. The Morgan fingerprint density at radius 3 is 2.37 bits per heavy atom. The summed E-state index contributed by atoms with van der Waals surface area (Å²) in [4.78, 5) is 48.1. The van der Waals surface area contributed by atoms with Gasteiger partial charge in [-0.1, -0.05) is 58.3 Å². The van der Waals surface area contributed by atoms with Crippen molar-refractivity contribution < 1.29 is 23.9 Å². The van der Waals surface area contributed by atoms with Gasteiger partial charge >= 0.3 is 11.8 Å². The predicted octanol–water partition coefficient (Wildman–Crippen LogP) is 5.86. The van der Waals surface area contributed by atoms with Crippen molar-refractivity contribution in [1.29, 1.82) is 0 Å². The van der Waals surface area contributed by atoms with Crippen LogP contribution in [0.5, 0.6) is 0 Å². The monoisotopic (exact) mass is 707 g/mol. The molecule has 3 amide bonds. The molecule has 12 nitrogen and oxygen atoms in total. The highest BCUT2D eigenvalue weighted by molar-refractivity contribution is 6.76. The number of aromatic nitrogens is 3. The summed E-state index contributed by atoms with van der Waals surface area (Å²) in [5.41, 5.74) is 9.93. The number of carbonyl (C=O) groups is 3. The zero-order chi connectivity index (χ0) is 35.5. The maximum Gasteiger partial charge on any atom is 0.314 e. The fourth-order valence-electron chi connectivity index (χ4n) is 6.33. The van der Waals surface area contributed by atoms with Crippen molar-refractivity contribution in [2.45, 2.75) is 96.7 Å². The number of pyridine rings is 1. The number of anilines is 3. The average Bonchev–Trinajstić information content (AvgIpc) is 3.47. The molecule has 5 rings (SSSR count). The van der Waals surface area contributed by atoms with E-state index in [1.54, 1.807) is 20.7 Å². The third kappa shape index (κ3) is 9.15. The number of hydrogen-bond donors (Lipinski definition) is 2. The van der Waals surface area contributed by atoms with Crippen molar-refractivity contribution in [1.82, 2.24) is 19.7 Å². The van der Waals surface area contributed by atoms with Crippen LogP contribution >= 0.6 is 0 Å². The minimum Gasteiger partial charge on any atom is -0.383 e. The first kappa shape index (κ1) is 36.7. The second kappa shape index (κ2) is 15.1. The molecule has 1 fully saturated rings. The molecule has 2 aliphatic heterocycles. The zero-order valence-corrected chi connectivity index (χ0v) is 32.2. The fourth-order valence-corrected chi connectivity index (χ4v) is 7.85. The molecule has 1 saturated heterocycles. The van der Waals surface area contributed by atoms with Gasteiger partial charge in [-0.25, -0.2) is 9.67 Å². The molecule has 0 radical (unpaired) electrons. The summed E-state index contributed by atoms with van der Waals surface area (Å²) in [6.45, 7) is 18.0. The Bertz CT molecular complexity index is 1680. The number of ether oxygens (including phenoxy) is 2. The Morgan fingerprint density at radius 2 is 1.67 bits per heavy atom. The quantitative estimate of drug-likeness (QED) is 0.135. The maximum atomic E-state index is 13.9. The van der Waals surface area contributed by atoms with E-state index >= 15 is 0 Å². The van der Waals surface area contributed by atoms with Crippen LogP contribution in [0.15, 0.2) is 30.6 Å². The summed E-state index contributed by atoms with van der Waals surface area (Å²) in [5.74, 6) is -0.775. The largest absolute Gasteiger partial charge is 0.383 e. The van der Waals surface area contributed by atoms with Gasteiger partial charge in [-0.2, -0.15) is 5.10 Å². The lowest BCUT2D eigenvalue weighted by atomic mass is 9.88. The first-order chi connectivity index (χ1) is 23.1. The number of piperidine rings is 1. The van der Waals surface area contributed by atoms with E-state index in [0.29, 0.717) is 49.2 Å². The van der Waals surface area contributed by atoms with Crippen LogP contribution in [0.3, 0.4) is 0 Å². The van der Waals surface area contributed by atoms with E-state index in [-0.39, 0.29) is 37.1 Å². The molecule has 1 aromatic carbocycles. The summed E-state index contributed by atoms with van der Waals surface area (Å²) in [6, 6.07) is 7.83. The molecule has 0 spiro atoms. The van der Waals surface area contributed by atoms with Crippen molar-refractivity contribution in [2.75, 3.05) is 42.4 Å². The van der Waals surface area contributed by atoms with Crippen molar-refractivity contribution in [3.05, 3.63) is 41.7 Å². The van der Waals surface area contributed by atoms with Crippen LogP contribution in [0.1, 0.15) is 43.4 Å². The van der Waals surface area contributed by atoms with E-state index in [2.05, 4.69) is 67.7 Å². The van der Waals surface area contributed by atoms with E-state index in [0.717, 1.165) is 41.7 Å². The Hall–Kier alpha value is -3.60. The highest BCUT2D eigenvalue weighted by atomic mass is 28.3. The first-order valence-corrected chi connectivity index (χ1v) is 24.8. The van der Waals surface area contributed by atoms with Crippen LogP contribution < -0.4 is 16.0 Å². The molecule has 266 valence electrons. The molecule has 0 saturated carbocycles. The average molecular weight is 708 g/mol. The molecule has 49 heavy (non-hydrogen) atoms. The SMILES string of the molecule is CC1CCC(c2ccc3c(c2)CCC(=O)N3COCC[Si](C)(C)C)N(C(=O)C(=O)Nc2cnc(N)c3cnn(COCC[Si](C)(C)C)c23)C1. The van der Waals surface area contributed by atoms with Gasteiger partial charge in [0.15, 0.2) is 0 Å². The van der Waals surface area contributed by atoms with E-state index in [9.17, 15) is 14.4 Å². The third-order valence-corrected chi connectivity index (χ3v) is 12.7. The number of nitrogens with zero attached hydrogens (tertiary/aromatic N) is 5. The van der Waals surface area contributed by atoms with Gasteiger partial charge in [-0.3, -0.25) is 19.3 Å². The van der Waals surface area contributed by atoms with Crippen LogP contribution in [0.4, 0.5) is 17.2 Å². The second-order valence-electron chi connectivity index (χ2n) is 16.0. The van der Waals surface area contributed by atoms with E-state index in [4.69, 9.17) is 15.2 Å². The van der Waals surface area contributed by atoms with Crippen LogP contribution in [-0.2, 0) is 37.0 Å². The number of likely N-dealkylation sites (tertiary alicyclic amines) is 1. The summed E-state index contributed by atoms with van der Waals surface area (Å²) in [5, 5.41) is 7.83. The Labute approximate surface area is 291 Å². The number of amides is 3. The number of rotatable bonds is 12. The molecule has 0 bridgehead atoms. The van der Waals surface area contributed by atoms with Crippen molar-refractivity contribution in [3.63, 3.8) is 0 Å². The first-order valence-electron chi connectivity index (χ1n) is 17.4. The molecule has 2 aromatic heterocycles. The number of benzene rings is 1. The topological polar surface area (TPSA) is 145 Å². The highest BCUT2D eigenvalue weighted by Crippen LogP contribution is 2.37. The van der Waals surface area contributed by atoms with Crippen LogP contribution in [0, 0.1) is 5.92 Å². The molecule has 14 heteroatoms. The minimum atomic E-state index is -1.27. The lowest BCUT2D eigenvalue weighted by molar-refractivity contribution is -0.146. The third-order valence-electron chi connectivity index (χ3n) is 9.34. The molecular weight excluding hydrogens is 655 g/mol. The van der Waals surface area contributed by atoms with Crippen LogP contribution in [-0.4, -0.2) is 80.0 Å². The summed E-state index contributed by atoms with van der Waals surface area (Å²) in [7, 11) is -2.51. The summed E-state index contributed by atoms with van der Waals surface area (Å²) >= 11 is 0. The van der Waals surface area contributed by atoms with Gasteiger partial charge in [-0.05, 0) is 54.5 Å². The Morgan fingerprint density at radius 1 is 0.980 bits per heavy atom. The van der Waals surface area contributed by atoms with Gasteiger partial charge in [-0.15, -0.1) is 0 Å². The van der Waals surface area contributed by atoms with E-state index < -0.39 is 28.0 Å². The molecule has 4 heterocycles. The standard InChI is InChI=1S/C35H53N7O5Si2/c1-24-8-11-29(25-9-12-30-26(18-25)10-13-31(43)41(30)22-46-14-16-48(2,3)4)40(21-24)35(45)34(44)39-28-20-37-33(36)27-19-38-42(32(27)28)23-47-15-17-49(5,6)7/h9,12,18-20,24,29H,8,10-11,13-17,21-23H2,1-7H3,(H2,36,37)(H,39,44). The van der Waals surface area contributed by atoms with Crippen molar-refractivity contribution in [3.8, 4) is 0 Å². The Kier molecular flexibility index (Phi) is 11.3. The summed E-state index contributed by atoms with van der Waals surface area (Å²) < 4.78 is 13.5. The van der Waals surface area contributed by atoms with Crippen LogP contribution in [0.25, 0.3) is 10.9 Å². The number of hydrogen-bond acceptors (Lipinski definition) is 8. The van der Waals surface area contributed by atoms with Gasteiger partial charge in [0.1, 0.15) is 19.3 Å². The molecule has 3 N–H and O–H groups in total. The number of nitrogens with one attached hydrogen (secondary N) is 1. The lowest BCUT2D eigenvalue weighted by Crippen LogP contribution is -2.46. The van der Waals surface area contributed by atoms with E-state index in [1.807, 2.05) is 12.1 Å². The summed E-state index contributed by atoms with van der Waals surface area (Å²) in [6.07, 6.45) is 5.76. The van der Waals surface area contributed by atoms with E-state index in [1.165, 1.54) is 6.20 Å². The second-order valence-corrected chi connectivity index (χ2v) is 27.2. The van der Waals surface area contributed by atoms with Crippen molar-refractivity contribution in [2.24, 2.45) is 5.92 Å². The minimum absolute atomic E-state index is 0.0546. The molecule has 2 aliphatic rings. The number of carbonyl (C=O) groups excluding carboxylic acids is 3. The number of nitrogens with two attached hydrogens (primary N) is 1.